The van der Waals surface area contributed by atoms with E-state index in [1.54, 1.807) is 0 Å². The number of rotatable bonds is 10. The van der Waals surface area contributed by atoms with E-state index >= 15 is 0 Å². The highest BCUT2D eigenvalue weighted by Gasteiger charge is 2.13. The van der Waals surface area contributed by atoms with E-state index in [2.05, 4.69) is 0 Å². The lowest BCUT2D eigenvalue weighted by molar-refractivity contribution is 0.103. The molecule has 0 heterocycles. The van der Waals surface area contributed by atoms with Crippen LogP contribution in [0.1, 0.15) is 35.6 Å². The predicted molar refractivity (Wildman–Crippen MR) is 116 cm³/mol. The Balaban J connectivity index is 2.15. The van der Waals surface area contributed by atoms with Gasteiger partial charge < -0.3 is 24.4 Å². The van der Waals surface area contributed by atoms with E-state index in [0.29, 0.717) is 17.9 Å². The van der Waals surface area contributed by atoms with Crippen molar-refractivity contribution in [3.63, 3.8) is 0 Å². The molecule has 2 aromatic carbocycles. The van der Waals surface area contributed by atoms with E-state index in [0.717, 1.165) is 33.8 Å². The second-order valence-electron chi connectivity index (χ2n) is 7.37. The lowest BCUT2D eigenvalue weighted by atomic mass is 10.1. The molecule has 0 aliphatic heterocycles. The first-order valence-electron chi connectivity index (χ1n) is 9.83. The van der Waals surface area contributed by atoms with Crippen molar-refractivity contribution in [3.8, 4) is 23.0 Å². The summed E-state index contributed by atoms with van der Waals surface area (Å²) in [6.45, 7) is 10.1. The zero-order valence-electron chi connectivity index (χ0n) is 17.8. The molecule has 160 valence electrons. The Bertz CT molecular complexity index is 707. The van der Waals surface area contributed by atoms with Gasteiger partial charge in [-0.3, -0.25) is 0 Å². The number of hydrogen-bond donors (Lipinski definition) is 2. The summed E-state index contributed by atoms with van der Waals surface area (Å²) in [4.78, 5) is 0. The van der Waals surface area contributed by atoms with Gasteiger partial charge in [0.2, 0.25) is 0 Å². The van der Waals surface area contributed by atoms with Crippen LogP contribution in [0.4, 0.5) is 0 Å². The third-order valence-electron chi connectivity index (χ3n) is 4.59. The van der Waals surface area contributed by atoms with Crippen molar-refractivity contribution in [2.45, 2.75) is 53.2 Å². The van der Waals surface area contributed by atoms with Crippen LogP contribution in [-0.2, 0) is 0 Å². The van der Waals surface area contributed by atoms with Crippen molar-refractivity contribution in [1.82, 2.24) is 0 Å². The molecule has 0 radical (unpaired) electrons. The molecule has 29 heavy (non-hydrogen) atoms. The summed E-state index contributed by atoms with van der Waals surface area (Å²) in [6, 6.07) is 7.66. The van der Waals surface area contributed by atoms with Crippen LogP contribution in [-0.4, -0.2) is 41.5 Å². The highest BCUT2D eigenvalue weighted by molar-refractivity contribution is 6.18. The summed E-state index contributed by atoms with van der Waals surface area (Å²) < 4.78 is 17.6. The van der Waals surface area contributed by atoms with Gasteiger partial charge in [-0.1, -0.05) is 6.92 Å². The van der Waals surface area contributed by atoms with Crippen LogP contribution in [0, 0.1) is 27.7 Å². The molecule has 0 amide bonds. The fourth-order valence-corrected chi connectivity index (χ4v) is 3.14. The summed E-state index contributed by atoms with van der Waals surface area (Å²) in [5.41, 5.74) is 3.74. The number of aryl methyl sites for hydroxylation is 4. The summed E-state index contributed by atoms with van der Waals surface area (Å²) in [5, 5.41) is 19.3. The molecule has 0 saturated carbocycles. The quantitative estimate of drug-likeness (QED) is 0.536. The lowest BCUT2D eigenvalue weighted by Crippen LogP contribution is -2.19. The number of aliphatic hydroxyl groups is 2. The van der Waals surface area contributed by atoms with Crippen molar-refractivity contribution in [2.24, 2.45) is 0 Å². The number of halogens is 1. The Morgan fingerprint density at radius 1 is 0.759 bits per heavy atom. The van der Waals surface area contributed by atoms with Gasteiger partial charge in [-0.2, -0.15) is 0 Å². The Morgan fingerprint density at radius 2 is 1.14 bits per heavy atom. The second-order valence-corrected chi connectivity index (χ2v) is 7.68. The van der Waals surface area contributed by atoms with Crippen molar-refractivity contribution < 1.29 is 24.4 Å². The minimum absolute atomic E-state index is 0.134. The molecule has 2 rings (SSSR count). The lowest BCUT2D eigenvalue weighted by Gasteiger charge is -2.18. The van der Waals surface area contributed by atoms with Gasteiger partial charge >= 0.3 is 0 Å². The fourth-order valence-electron chi connectivity index (χ4n) is 3.05. The summed E-state index contributed by atoms with van der Waals surface area (Å²) in [5.74, 6) is 3.06. The van der Waals surface area contributed by atoms with Gasteiger partial charge in [0, 0.05) is 0 Å². The highest BCUT2D eigenvalue weighted by Crippen LogP contribution is 2.34. The maximum Gasteiger partial charge on any atom is 0.128 e. The second kappa shape index (κ2) is 10.7. The first-order chi connectivity index (χ1) is 13.7. The number of aliphatic hydroxyl groups excluding tert-OH is 2. The van der Waals surface area contributed by atoms with Crippen LogP contribution in [0.3, 0.4) is 0 Å². The number of alkyl halides is 1. The van der Waals surface area contributed by atoms with E-state index < -0.39 is 12.2 Å². The van der Waals surface area contributed by atoms with Gasteiger partial charge in [0.1, 0.15) is 42.3 Å². The van der Waals surface area contributed by atoms with Gasteiger partial charge in [-0.25, -0.2) is 0 Å². The van der Waals surface area contributed by atoms with Crippen LogP contribution in [0.25, 0.3) is 0 Å². The van der Waals surface area contributed by atoms with E-state index in [1.165, 1.54) is 0 Å². The molecular weight excluding hydrogens is 392 g/mol. The molecule has 2 aromatic rings. The molecular formula is C23H31ClO5. The highest BCUT2D eigenvalue weighted by atomic mass is 35.5. The Morgan fingerprint density at radius 3 is 1.48 bits per heavy atom. The molecule has 2 atom stereocenters. The average Bonchev–Trinajstić information content (AvgIpc) is 2.66. The summed E-state index contributed by atoms with van der Waals surface area (Å²) >= 11 is 5.62. The van der Waals surface area contributed by atoms with E-state index in [-0.39, 0.29) is 19.1 Å². The molecule has 2 N–H and O–H groups in total. The van der Waals surface area contributed by atoms with Gasteiger partial charge in [-0.15, -0.1) is 11.6 Å². The van der Waals surface area contributed by atoms with Gasteiger partial charge in [0.15, 0.2) is 0 Å². The standard InChI is InChI=1S/C23H31ClO5/c1-6-18(25)12-27-22-14(2)7-20(8-15(22)3)29-21-9-16(4)23(17(5)10-21)28-13-19(26)11-24/h7-10,18-19,25-26H,6,11-13H2,1-5H3. The molecule has 0 aliphatic rings. The smallest absolute Gasteiger partial charge is 0.128 e. The van der Waals surface area contributed by atoms with Gasteiger partial charge in [0.25, 0.3) is 0 Å². The zero-order valence-corrected chi connectivity index (χ0v) is 18.5. The maximum atomic E-state index is 9.73. The topological polar surface area (TPSA) is 68.2 Å². The third-order valence-corrected chi connectivity index (χ3v) is 4.95. The molecule has 0 spiro atoms. The van der Waals surface area contributed by atoms with Gasteiger partial charge in [0.05, 0.1) is 12.0 Å². The molecule has 5 nitrogen and oxygen atoms in total. The number of hydrogen-bond acceptors (Lipinski definition) is 5. The minimum Gasteiger partial charge on any atom is -0.490 e. The number of ether oxygens (including phenoxy) is 3. The Labute approximate surface area is 178 Å². The SMILES string of the molecule is CCC(O)COc1c(C)cc(Oc2cc(C)c(OCC(O)CCl)c(C)c2)cc1C. The van der Waals surface area contributed by atoms with Crippen molar-refractivity contribution in [3.05, 3.63) is 46.5 Å². The fraction of sp³-hybridized carbons (Fsp3) is 0.478. The molecule has 0 aromatic heterocycles. The van der Waals surface area contributed by atoms with Crippen molar-refractivity contribution in [2.75, 3.05) is 19.1 Å². The van der Waals surface area contributed by atoms with Gasteiger partial charge in [-0.05, 0) is 80.6 Å². The molecule has 0 bridgehead atoms. The van der Waals surface area contributed by atoms with Crippen LogP contribution in [0.2, 0.25) is 0 Å². The normalized spacial score (nSPS) is 13.1. The predicted octanol–water partition coefficient (Wildman–Crippen LogP) is 4.84. The summed E-state index contributed by atoms with van der Waals surface area (Å²) in [7, 11) is 0. The zero-order chi connectivity index (χ0) is 21.6. The molecule has 2 unspecified atom stereocenters. The molecule has 6 heteroatoms. The minimum atomic E-state index is -0.698. The van der Waals surface area contributed by atoms with Crippen LogP contribution in [0.15, 0.2) is 24.3 Å². The van der Waals surface area contributed by atoms with E-state index in [4.69, 9.17) is 25.8 Å². The van der Waals surface area contributed by atoms with E-state index in [1.807, 2.05) is 58.9 Å². The largest absolute Gasteiger partial charge is 0.490 e. The molecule has 0 saturated heterocycles. The average molecular weight is 423 g/mol. The van der Waals surface area contributed by atoms with Crippen molar-refractivity contribution >= 4 is 11.6 Å². The Kier molecular flexibility index (Phi) is 8.62. The van der Waals surface area contributed by atoms with Crippen LogP contribution >= 0.6 is 11.6 Å². The van der Waals surface area contributed by atoms with Crippen molar-refractivity contribution in [1.29, 1.82) is 0 Å². The maximum absolute atomic E-state index is 9.73. The van der Waals surface area contributed by atoms with E-state index in [9.17, 15) is 10.2 Å². The number of benzene rings is 2. The first-order valence-corrected chi connectivity index (χ1v) is 10.4. The Hall–Kier alpha value is -1.95. The van der Waals surface area contributed by atoms with Crippen LogP contribution in [0.5, 0.6) is 23.0 Å². The first kappa shape index (κ1) is 23.3. The monoisotopic (exact) mass is 422 g/mol. The molecule has 0 fully saturated rings. The van der Waals surface area contributed by atoms with Crippen LogP contribution < -0.4 is 14.2 Å². The summed E-state index contributed by atoms with van der Waals surface area (Å²) in [6.07, 6.45) is -0.513. The third kappa shape index (κ3) is 6.53. The molecule has 0 aliphatic carbocycles.